The van der Waals surface area contributed by atoms with Crippen LogP contribution in [0.15, 0.2) is 40.2 Å². The van der Waals surface area contributed by atoms with Gasteiger partial charge in [0, 0.05) is 25.0 Å². The third-order valence-corrected chi connectivity index (χ3v) is 2.94. The molecule has 0 aliphatic rings. The van der Waals surface area contributed by atoms with Crippen LogP contribution in [-0.2, 0) is 13.6 Å². The number of aromatic nitrogens is 2. The summed E-state index contributed by atoms with van der Waals surface area (Å²) < 4.78 is 28.6. The lowest BCUT2D eigenvalue weighted by atomic mass is 10.1. The molecule has 1 unspecified atom stereocenters. The number of halogens is 2. The van der Waals surface area contributed by atoms with E-state index in [1.54, 1.807) is 0 Å². The number of rotatable bonds is 3. The number of aliphatic hydroxyl groups excluding tert-OH is 1. The van der Waals surface area contributed by atoms with Crippen LogP contribution in [0.2, 0.25) is 0 Å². The summed E-state index contributed by atoms with van der Waals surface area (Å²) >= 11 is 0. The van der Waals surface area contributed by atoms with Gasteiger partial charge in [0.1, 0.15) is 0 Å². The zero-order valence-corrected chi connectivity index (χ0v) is 10.6. The molecule has 0 aliphatic heterocycles. The van der Waals surface area contributed by atoms with Crippen molar-refractivity contribution < 1.29 is 13.9 Å². The van der Waals surface area contributed by atoms with Gasteiger partial charge in [-0.1, -0.05) is 12.1 Å². The average Bonchev–Trinajstić information content (AvgIpc) is 2.42. The molecule has 2 aromatic rings. The van der Waals surface area contributed by atoms with Crippen LogP contribution in [0.4, 0.5) is 8.78 Å². The highest BCUT2D eigenvalue weighted by atomic mass is 19.2. The van der Waals surface area contributed by atoms with E-state index in [4.69, 9.17) is 0 Å². The van der Waals surface area contributed by atoms with E-state index in [0.717, 1.165) is 15.2 Å². The molecule has 1 N–H and O–H groups in total. The van der Waals surface area contributed by atoms with Gasteiger partial charge < -0.3 is 14.2 Å². The van der Waals surface area contributed by atoms with Crippen molar-refractivity contribution in [2.75, 3.05) is 0 Å². The molecule has 20 heavy (non-hydrogen) atoms. The Kier molecular flexibility index (Phi) is 3.80. The van der Waals surface area contributed by atoms with E-state index in [-0.39, 0.29) is 12.1 Å². The first kappa shape index (κ1) is 14.1. The second-order valence-corrected chi connectivity index (χ2v) is 4.33. The summed E-state index contributed by atoms with van der Waals surface area (Å²) in [6, 6.07) is 3.40. The zero-order valence-electron chi connectivity index (χ0n) is 10.6. The molecule has 5 nitrogen and oxygen atoms in total. The molecule has 0 aliphatic carbocycles. The highest BCUT2D eigenvalue weighted by Crippen LogP contribution is 2.20. The SMILES string of the molecule is Cn1ccn(CC(O)c2cccc(F)c2F)c(=O)c1=O. The smallest absolute Gasteiger partial charge is 0.316 e. The van der Waals surface area contributed by atoms with Crippen molar-refractivity contribution in [3.8, 4) is 0 Å². The van der Waals surface area contributed by atoms with Gasteiger partial charge in [-0.05, 0) is 6.07 Å². The Morgan fingerprint density at radius 1 is 1.20 bits per heavy atom. The maximum absolute atomic E-state index is 13.5. The fourth-order valence-corrected chi connectivity index (χ4v) is 1.80. The van der Waals surface area contributed by atoms with Crippen LogP contribution >= 0.6 is 0 Å². The highest BCUT2D eigenvalue weighted by molar-refractivity contribution is 5.21. The minimum Gasteiger partial charge on any atom is -0.386 e. The maximum Gasteiger partial charge on any atom is 0.316 e. The van der Waals surface area contributed by atoms with Crippen molar-refractivity contribution in [1.82, 2.24) is 9.13 Å². The molecule has 0 fully saturated rings. The summed E-state index contributed by atoms with van der Waals surface area (Å²) in [5.74, 6) is -2.25. The van der Waals surface area contributed by atoms with E-state index in [1.807, 2.05) is 0 Å². The van der Waals surface area contributed by atoms with Gasteiger partial charge in [-0.25, -0.2) is 8.78 Å². The quantitative estimate of drug-likeness (QED) is 0.837. The predicted molar refractivity (Wildman–Crippen MR) is 67.3 cm³/mol. The van der Waals surface area contributed by atoms with Gasteiger partial charge in [0.2, 0.25) is 0 Å². The normalized spacial score (nSPS) is 12.4. The predicted octanol–water partition coefficient (Wildman–Crippen LogP) is 0.559. The first-order chi connectivity index (χ1) is 9.41. The molecule has 106 valence electrons. The van der Waals surface area contributed by atoms with Gasteiger partial charge >= 0.3 is 11.1 Å². The zero-order chi connectivity index (χ0) is 14.9. The number of aryl methyl sites for hydroxylation is 1. The monoisotopic (exact) mass is 282 g/mol. The Morgan fingerprint density at radius 3 is 2.60 bits per heavy atom. The Morgan fingerprint density at radius 2 is 1.90 bits per heavy atom. The van der Waals surface area contributed by atoms with E-state index in [9.17, 15) is 23.5 Å². The Labute approximate surface area is 112 Å². The first-order valence-electron chi connectivity index (χ1n) is 5.80. The largest absolute Gasteiger partial charge is 0.386 e. The standard InChI is InChI=1S/C13H12F2N2O3/c1-16-5-6-17(13(20)12(16)19)7-10(18)8-3-2-4-9(14)11(8)15/h2-6,10,18H,7H2,1H3. The molecule has 0 radical (unpaired) electrons. The number of benzene rings is 1. The van der Waals surface area contributed by atoms with E-state index in [0.29, 0.717) is 0 Å². The van der Waals surface area contributed by atoms with Gasteiger partial charge in [0.25, 0.3) is 0 Å². The van der Waals surface area contributed by atoms with Gasteiger partial charge in [0.15, 0.2) is 11.6 Å². The molecule has 0 bridgehead atoms. The second-order valence-electron chi connectivity index (χ2n) is 4.33. The third-order valence-electron chi connectivity index (χ3n) is 2.94. The minimum absolute atomic E-state index is 0.266. The van der Waals surface area contributed by atoms with Crippen molar-refractivity contribution in [2.45, 2.75) is 12.6 Å². The van der Waals surface area contributed by atoms with Crippen molar-refractivity contribution >= 4 is 0 Å². The average molecular weight is 282 g/mol. The topological polar surface area (TPSA) is 64.2 Å². The van der Waals surface area contributed by atoms with Crippen LogP contribution < -0.4 is 11.1 Å². The van der Waals surface area contributed by atoms with Crippen LogP contribution in [0.1, 0.15) is 11.7 Å². The molecule has 0 spiro atoms. The van der Waals surface area contributed by atoms with Crippen LogP contribution in [0, 0.1) is 11.6 Å². The molecule has 0 saturated heterocycles. The Balaban J connectivity index is 2.35. The highest BCUT2D eigenvalue weighted by Gasteiger charge is 2.17. The molecular weight excluding hydrogens is 270 g/mol. The molecule has 7 heteroatoms. The Bertz CT molecular complexity index is 752. The molecule has 1 heterocycles. The molecule has 1 atom stereocenters. The van der Waals surface area contributed by atoms with Crippen molar-refractivity contribution in [1.29, 1.82) is 0 Å². The maximum atomic E-state index is 13.5. The lowest BCUT2D eigenvalue weighted by molar-refractivity contribution is 0.149. The number of aliphatic hydroxyl groups is 1. The summed E-state index contributed by atoms with van der Waals surface area (Å²) in [6.07, 6.45) is 1.21. The molecule has 0 amide bonds. The summed E-state index contributed by atoms with van der Waals surface area (Å²) in [4.78, 5) is 23.1. The minimum atomic E-state index is -1.43. The van der Waals surface area contributed by atoms with E-state index in [1.165, 1.54) is 31.6 Å². The van der Waals surface area contributed by atoms with Crippen LogP contribution in [0.5, 0.6) is 0 Å². The molecule has 0 saturated carbocycles. The molecule has 1 aromatic carbocycles. The lowest BCUT2D eigenvalue weighted by Gasteiger charge is -2.14. The first-order valence-corrected chi connectivity index (χ1v) is 5.80. The van der Waals surface area contributed by atoms with E-state index < -0.39 is 28.9 Å². The number of hydrogen-bond donors (Lipinski definition) is 1. The summed E-state index contributed by atoms with van der Waals surface area (Å²) in [5, 5.41) is 9.89. The Hall–Kier alpha value is -2.28. The fourth-order valence-electron chi connectivity index (χ4n) is 1.80. The van der Waals surface area contributed by atoms with Crippen molar-refractivity contribution in [2.24, 2.45) is 7.05 Å². The number of hydrogen-bond acceptors (Lipinski definition) is 3. The summed E-state index contributed by atoms with van der Waals surface area (Å²) in [7, 11) is 1.41. The van der Waals surface area contributed by atoms with Crippen LogP contribution in [0.3, 0.4) is 0 Å². The summed E-state index contributed by atoms with van der Waals surface area (Å²) in [6.45, 7) is -0.338. The van der Waals surface area contributed by atoms with Crippen molar-refractivity contribution in [3.63, 3.8) is 0 Å². The fraction of sp³-hybridized carbons (Fsp3) is 0.231. The van der Waals surface area contributed by atoms with Gasteiger partial charge in [-0.2, -0.15) is 0 Å². The van der Waals surface area contributed by atoms with Gasteiger partial charge in [0.05, 0.1) is 12.6 Å². The second kappa shape index (κ2) is 5.38. The summed E-state index contributed by atoms with van der Waals surface area (Å²) in [5.41, 5.74) is -1.87. The number of nitrogens with zero attached hydrogens (tertiary/aromatic N) is 2. The molecular formula is C13H12F2N2O3. The van der Waals surface area contributed by atoms with Gasteiger partial charge in [-0.15, -0.1) is 0 Å². The van der Waals surface area contributed by atoms with E-state index >= 15 is 0 Å². The molecule has 2 rings (SSSR count). The lowest BCUT2D eigenvalue weighted by Crippen LogP contribution is -2.40. The molecule has 1 aromatic heterocycles. The van der Waals surface area contributed by atoms with E-state index in [2.05, 4.69) is 0 Å². The van der Waals surface area contributed by atoms with Crippen molar-refractivity contribution in [3.05, 3.63) is 68.5 Å². The van der Waals surface area contributed by atoms with Crippen LogP contribution in [0.25, 0.3) is 0 Å². The van der Waals surface area contributed by atoms with Crippen LogP contribution in [-0.4, -0.2) is 14.2 Å². The third kappa shape index (κ3) is 2.53. The van der Waals surface area contributed by atoms with Gasteiger partial charge in [-0.3, -0.25) is 9.59 Å².